The molecule has 1 fully saturated rings. The van der Waals surface area contributed by atoms with E-state index in [0.717, 1.165) is 29.5 Å². The van der Waals surface area contributed by atoms with Crippen LogP contribution in [0.2, 0.25) is 0 Å². The van der Waals surface area contributed by atoms with Gasteiger partial charge in [-0.3, -0.25) is 20.4 Å². The summed E-state index contributed by atoms with van der Waals surface area (Å²) in [6.45, 7) is 0. The molecule has 3 aliphatic rings. The zero-order chi connectivity index (χ0) is 15.1. The summed E-state index contributed by atoms with van der Waals surface area (Å²) in [6.07, 6.45) is 8.34. The number of aliphatic imine (C=N–C) groups is 1. The van der Waals surface area contributed by atoms with Crippen LogP contribution in [-0.2, 0) is 0 Å². The van der Waals surface area contributed by atoms with E-state index in [0.29, 0.717) is 5.71 Å². The second-order valence-corrected chi connectivity index (χ2v) is 5.48. The summed E-state index contributed by atoms with van der Waals surface area (Å²) >= 11 is 0. The Labute approximate surface area is 127 Å². The topological polar surface area (TPSA) is 77.4 Å². The highest BCUT2D eigenvalue weighted by atomic mass is 16.6. The Morgan fingerprint density at radius 3 is 3.00 bits per heavy atom. The first kappa shape index (κ1) is 13.0. The van der Waals surface area contributed by atoms with Gasteiger partial charge in [-0.05, 0) is 30.4 Å². The second kappa shape index (κ2) is 4.93. The predicted molar refractivity (Wildman–Crippen MR) is 83.5 cm³/mol. The van der Waals surface area contributed by atoms with Gasteiger partial charge in [0.1, 0.15) is 11.9 Å². The number of nitro groups is 1. The van der Waals surface area contributed by atoms with E-state index in [9.17, 15) is 10.1 Å². The van der Waals surface area contributed by atoms with E-state index < -0.39 is 0 Å². The maximum atomic E-state index is 10.9. The first-order valence-electron chi connectivity index (χ1n) is 7.24. The Kier molecular flexibility index (Phi) is 2.91. The molecule has 1 saturated heterocycles. The molecule has 1 aromatic carbocycles. The van der Waals surface area contributed by atoms with Crippen molar-refractivity contribution in [2.45, 2.75) is 25.0 Å². The minimum Gasteiger partial charge on any atom is -0.284 e. The maximum absolute atomic E-state index is 10.9. The van der Waals surface area contributed by atoms with E-state index in [4.69, 9.17) is 0 Å². The number of allylic oxidation sites excluding steroid dienone is 4. The van der Waals surface area contributed by atoms with Gasteiger partial charge in [-0.25, -0.2) is 0 Å². The molecule has 2 heterocycles. The summed E-state index contributed by atoms with van der Waals surface area (Å²) < 4.78 is 0. The Bertz CT molecular complexity index is 824. The Hall–Kier alpha value is -2.71. The summed E-state index contributed by atoms with van der Waals surface area (Å²) in [4.78, 5) is 15.1. The van der Waals surface area contributed by atoms with Gasteiger partial charge in [0.15, 0.2) is 0 Å². The van der Waals surface area contributed by atoms with Crippen LogP contribution in [0.5, 0.6) is 0 Å². The van der Waals surface area contributed by atoms with Crippen LogP contribution in [0, 0.1) is 22.0 Å². The molecule has 2 atom stereocenters. The highest BCUT2D eigenvalue weighted by Gasteiger charge is 2.43. The molecular formula is C17H13N3O2. The van der Waals surface area contributed by atoms with Crippen molar-refractivity contribution in [3.8, 4) is 11.8 Å². The number of nitro benzene ring substituents is 1. The van der Waals surface area contributed by atoms with Crippen LogP contribution in [0.4, 0.5) is 5.69 Å². The number of fused-ring (bicyclic) bond motifs is 3. The predicted octanol–water partition coefficient (Wildman–Crippen LogP) is 2.65. The smallest absolute Gasteiger partial charge is 0.269 e. The molecule has 0 saturated carbocycles. The molecular weight excluding hydrogens is 278 g/mol. The largest absolute Gasteiger partial charge is 0.284 e. The SMILES string of the molecule is O=[N+]([O-])c1ccc2c(c1)C1NC1N=C2C#CC1=CCCC=C1. The molecule has 1 aliphatic carbocycles. The van der Waals surface area contributed by atoms with Crippen LogP contribution in [-0.4, -0.2) is 16.8 Å². The average Bonchev–Trinajstić information content (AvgIpc) is 3.32. The molecule has 0 bridgehead atoms. The first-order valence-corrected chi connectivity index (χ1v) is 7.24. The third-order valence-corrected chi connectivity index (χ3v) is 3.98. The first-order chi connectivity index (χ1) is 10.7. The van der Waals surface area contributed by atoms with Crippen molar-refractivity contribution in [1.82, 2.24) is 5.32 Å². The van der Waals surface area contributed by atoms with Gasteiger partial charge in [-0.2, -0.15) is 0 Å². The molecule has 2 unspecified atom stereocenters. The molecule has 0 aromatic heterocycles. The monoisotopic (exact) mass is 291 g/mol. The molecule has 0 amide bonds. The normalized spacial score (nSPS) is 24.2. The fourth-order valence-electron chi connectivity index (χ4n) is 2.78. The van der Waals surface area contributed by atoms with Gasteiger partial charge in [0, 0.05) is 23.3 Å². The molecule has 1 aromatic rings. The van der Waals surface area contributed by atoms with Crippen molar-refractivity contribution in [2.75, 3.05) is 0 Å². The highest BCUT2D eigenvalue weighted by Crippen LogP contribution is 2.39. The van der Waals surface area contributed by atoms with Crippen molar-refractivity contribution in [2.24, 2.45) is 4.99 Å². The number of nitrogens with one attached hydrogen (secondary N) is 1. The van der Waals surface area contributed by atoms with Gasteiger partial charge in [-0.1, -0.05) is 24.1 Å². The Morgan fingerprint density at radius 2 is 2.23 bits per heavy atom. The van der Waals surface area contributed by atoms with Gasteiger partial charge in [0.25, 0.3) is 5.69 Å². The van der Waals surface area contributed by atoms with E-state index in [1.165, 1.54) is 6.07 Å². The van der Waals surface area contributed by atoms with E-state index in [-0.39, 0.29) is 22.8 Å². The van der Waals surface area contributed by atoms with Crippen LogP contribution in [0.25, 0.3) is 0 Å². The lowest BCUT2D eigenvalue weighted by Gasteiger charge is -2.11. The van der Waals surface area contributed by atoms with Gasteiger partial charge in [0.05, 0.1) is 11.0 Å². The van der Waals surface area contributed by atoms with Crippen LogP contribution in [0.3, 0.4) is 0 Å². The number of nitrogens with zero attached hydrogens (tertiary/aromatic N) is 2. The second-order valence-electron chi connectivity index (χ2n) is 5.48. The molecule has 22 heavy (non-hydrogen) atoms. The average molecular weight is 291 g/mol. The van der Waals surface area contributed by atoms with Crippen LogP contribution in [0.15, 0.2) is 47.0 Å². The number of hydrogen-bond acceptors (Lipinski definition) is 4. The van der Waals surface area contributed by atoms with E-state index >= 15 is 0 Å². The number of hydrogen-bond donors (Lipinski definition) is 1. The van der Waals surface area contributed by atoms with Gasteiger partial charge in [-0.15, -0.1) is 0 Å². The van der Waals surface area contributed by atoms with E-state index in [1.54, 1.807) is 12.1 Å². The molecule has 4 rings (SSSR count). The molecule has 5 heteroatoms. The van der Waals surface area contributed by atoms with Crippen molar-refractivity contribution >= 4 is 11.4 Å². The third kappa shape index (κ3) is 2.24. The lowest BCUT2D eigenvalue weighted by atomic mass is 9.96. The fraction of sp³-hybridized carbons (Fsp3) is 0.235. The fourth-order valence-corrected chi connectivity index (χ4v) is 2.78. The summed E-state index contributed by atoms with van der Waals surface area (Å²) in [6, 6.07) is 4.98. The third-order valence-electron chi connectivity index (χ3n) is 3.98. The summed E-state index contributed by atoms with van der Waals surface area (Å²) in [5, 5.41) is 14.1. The zero-order valence-electron chi connectivity index (χ0n) is 11.7. The van der Waals surface area contributed by atoms with Crippen LogP contribution >= 0.6 is 0 Å². The van der Waals surface area contributed by atoms with Gasteiger partial charge < -0.3 is 0 Å². The quantitative estimate of drug-likeness (QED) is 0.374. The molecule has 5 nitrogen and oxygen atoms in total. The molecule has 108 valence electrons. The minimum atomic E-state index is -0.369. The van der Waals surface area contributed by atoms with Gasteiger partial charge in [0.2, 0.25) is 0 Å². The Balaban J connectivity index is 1.71. The van der Waals surface area contributed by atoms with E-state index in [2.05, 4.69) is 34.3 Å². The lowest BCUT2D eigenvalue weighted by Crippen LogP contribution is -2.10. The summed E-state index contributed by atoms with van der Waals surface area (Å²) in [7, 11) is 0. The zero-order valence-corrected chi connectivity index (χ0v) is 11.7. The van der Waals surface area contributed by atoms with Gasteiger partial charge >= 0.3 is 0 Å². The summed E-state index contributed by atoms with van der Waals surface area (Å²) in [5.41, 5.74) is 3.63. The molecule has 0 radical (unpaired) electrons. The van der Waals surface area contributed by atoms with Crippen molar-refractivity contribution in [1.29, 1.82) is 0 Å². The number of rotatable bonds is 1. The minimum absolute atomic E-state index is 0.00896. The van der Waals surface area contributed by atoms with Crippen molar-refractivity contribution < 1.29 is 4.92 Å². The maximum Gasteiger partial charge on any atom is 0.269 e. The van der Waals surface area contributed by atoms with Crippen molar-refractivity contribution in [3.63, 3.8) is 0 Å². The lowest BCUT2D eigenvalue weighted by molar-refractivity contribution is -0.384. The van der Waals surface area contributed by atoms with Crippen LogP contribution < -0.4 is 5.32 Å². The molecule has 1 N–H and O–H groups in total. The Morgan fingerprint density at radius 1 is 1.32 bits per heavy atom. The number of benzene rings is 1. The number of non-ortho nitro benzene ring substituents is 1. The standard InChI is InChI=1S/C17H13N3O2/c21-20(22)12-7-8-13-14(10-12)16-17(19-16)18-15(13)9-6-11-4-2-1-3-5-11/h2,4-5,7-8,10,16-17,19H,1,3H2. The molecule has 2 aliphatic heterocycles. The highest BCUT2D eigenvalue weighted by molar-refractivity contribution is 6.15. The van der Waals surface area contributed by atoms with Crippen LogP contribution in [0.1, 0.15) is 30.0 Å². The van der Waals surface area contributed by atoms with Crippen molar-refractivity contribution in [3.05, 3.63) is 63.2 Å². The summed E-state index contributed by atoms with van der Waals surface area (Å²) in [5.74, 6) is 6.26. The van der Waals surface area contributed by atoms with E-state index in [1.807, 2.05) is 6.08 Å². The molecule has 0 spiro atoms.